The first-order valence-corrected chi connectivity index (χ1v) is 9.90. The van der Waals surface area contributed by atoms with Crippen LogP contribution in [0.3, 0.4) is 0 Å². The molecule has 11 heteroatoms. The van der Waals surface area contributed by atoms with Crippen LogP contribution in [-0.4, -0.2) is 54.5 Å². The van der Waals surface area contributed by atoms with Gasteiger partial charge in [-0.05, 0) is 26.3 Å². The molecular weight excluding hydrogens is 427 g/mol. The van der Waals surface area contributed by atoms with Crippen molar-refractivity contribution in [3.63, 3.8) is 0 Å². The maximum absolute atomic E-state index is 12.7. The topological polar surface area (TPSA) is 88.6 Å². The second kappa shape index (κ2) is 8.81. The Balaban J connectivity index is 1.73. The number of aryl methyl sites for hydroxylation is 1. The zero-order valence-corrected chi connectivity index (χ0v) is 18.5. The molecule has 174 valence electrons. The van der Waals surface area contributed by atoms with Gasteiger partial charge in [0.2, 0.25) is 11.8 Å². The van der Waals surface area contributed by atoms with Gasteiger partial charge in [-0.3, -0.25) is 4.79 Å². The number of alkyl halides is 3. The zero-order chi connectivity index (χ0) is 23.7. The lowest BCUT2D eigenvalue weighted by molar-refractivity contribution is -0.154. The third kappa shape index (κ3) is 5.21. The minimum atomic E-state index is -4.41. The number of carbonyl (C=O) groups excluding carboxylic acids is 1. The molecule has 1 aliphatic rings. The van der Waals surface area contributed by atoms with E-state index in [9.17, 15) is 18.0 Å². The van der Waals surface area contributed by atoms with Gasteiger partial charge in [-0.25, -0.2) is 9.97 Å². The predicted octanol–water partition coefficient (Wildman–Crippen LogP) is 3.52. The molecule has 0 aliphatic carbocycles. The number of aromatic nitrogens is 2. The Morgan fingerprint density at radius 3 is 2.59 bits per heavy atom. The molecular formula is C21H26F3N5O3. The number of carbonyl (C=O) groups is 1. The van der Waals surface area contributed by atoms with Gasteiger partial charge in [0.05, 0.1) is 22.7 Å². The quantitative estimate of drug-likeness (QED) is 0.663. The molecule has 0 aromatic carbocycles. The van der Waals surface area contributed by atoms with Crippen LogP contribution in [-0.2, 0) is 16.1 Å². The summed E-state index contributed by atoms with van der Waals surface area (Å²) in [6.45, 7) is 4.46. The molecule has 0 unspecified atom stereocenters. The third-order valence-electron chi connectivity index (χ3n) is 5.28. The summed E-state index contributed by atoms with van der Waals surface area (Å²) in [5, 5.41) is 6.11. The van der Waals surface area contributed by atoms with Gasteiger partial charge in [0.25, 0.3) is 0 Å². The predicted molar refractivity (Wildman–Crippen MR) is 114 cm³/mol. The van der Waals surface area contributed by atoms with Crippen molar-refractivity contribution in [2.45, 2.75) is 45.1 Å². The number of hydrogen-bond donors (Lipinski definition) is 2. The van der Waals surface area contributed by atoms with Gasteiger partial charge in [0, 0.05) is 39.0 Å². The fourth-order valence-corrected chi connectivity index (χ4v) is 3.53. The Kier molecular flexibility index (Phi) is 6.49. The van der Waals surface area contributed by atoms with Crippen LogP contribution in [0.5, 0.6) is 5.88 Å². The first-order chi connectivity index (χ1) is 14.9. The zero-order valence-electron chi connectivity index (χ0n) is 18.5. The lowest BCUT2D eigenvalue weighted by atomic mass is 9.93. The van der Waals surface area contributed by atoms with Gasteiger partial charge in [-0.1, -0.05) is 6.07 Å². The first kappa shape index (κ1) is 23.6. The second-order valence-electron chi connectivity index (χ2n) is 8.06. The van der Waals surface area contributed by atoms with Crippen molar-refractivity contribution in [3.8, 4) is 5.88 Å². The van der Waals surface area contributed by atoms with Crippen LogP contribution in [0.15, 0.2) is 24.4 Å². The normalized spacial score (nSPS) is 16.4. The van der Waals surface area contributed by atoms with Crippen molar-refractivity contribution in [3.05, 3.63) is 35.7 Å². The molecule has 0 spiro atoms. The van der Waals surface area contributed by atoms with E-state index >= 15 is 0 Å². The van der Waals surface area contributed by atoms with Crippen LogP contribution >= 0.6 is 0 Å². The van der Waals surface area contributed by atoms with Gasteiger partial charge in [0.1, 0.15) is 11.9 Å². The fourth-order valence-electron chi connectivity index (χ4n) is 3.53. The Hall–Kier alpha value is -3.08. The van der Waals surface area contributed by atoms with Gasteiger partial charge >= 0.3 is 6.18 Å². The molecule has 0 bridgehead atoms. The van der Waals surface area contributed by atoms with Crippen molar-refractivity contribution >= 4 is 23.1 Å². The molecule has 8 nitrogen and oxygen atoms in total. The van der Waals surface area contributed by atoms with Crippen LogP contribution in [0.1, 0.15) is 25.1 Å². The monoisotopic (exact) mass is 453 g/mol. The number of nitrogens with one attached hydrogen (secondary N) is 2. The van der Waals surface area contributed by atoms with Crippen LogP contribution in [0.4, 0.5) is 30.4 Å². The second-order valence-corrected chi connectivity index (χ2v) is 8.06. The molecule has 1 amide bonds. The Labute approximate surface area is 184 Å². The highest BCUT2D eigenvalue weighted by Gasteiger charge is 2.43. The maximum Gasteiger partial charge on any atom is 0.422 e. The van der Waals surface area contributed by atoms with Crippen molar-refractivity contribution in [1.82, 2.24) is 9.97 Å². The summed E-state index contributed by atoms with van der Waals surface area (Å²) in [7, 11) is 3.39. The minimum absolute atomic E-state index is 0.0991. The number of nitrogens with zero attached hydrogens (tertiary/aromatic N) is 3. The van der Waals surface area contributed by atoms with E-state index in [4.69, 9.17) is 4.74 Å². The van der Waals surface area contributed by atoms with Crippen LogP contribution in [0.2, 0.25) is 0 Å². The van der Waals surface area contributed by atoms with Crippen LogP contribution in [0.25, 0.3) is 0 Å². The fraction of sp³-hybridized carbons (Fsp3) is 0.476. The summed E-state index contributed by atoms with van der Waals surface area (Å²) in [5.41, 5.74) is 2.10. The van der Waals surface area contributed by atoms with Gasteiger partial charge in [-0.15, -0.1) is 0 Å². The molecule has 0 radical (unpaired) electrons. The van der Waals surface area contributed by atoms with E-state index in [-0.39, 0.29) is 11.8 Å². The summed E-state index contributed by atoms with van der Waals surface area (Å²) in [6.07, 6.45) is -2.98. The van der Waals surface area contributed by atoms with E-state index in [2.05, 4.69) is 25.3 Å². The lowest BCUT2D eigenvalue weighted by Gasteiger charge is -2.43. The van der Waals surface area contributed by atoms with Crippen molar-refractivity contribution < 1.29 is 27.4 Å². The van der Waals surface area contributed by atoms with E-state index in [0.29, 0.717) is 23.7 Å². The third-order valence-corrected chi connectivity index (χ3v) is 5.28. The smallest absolute Gasteiger partial charge is 0.422 e. The van der Waals surface area contributed by atoms with E-state index in [1.54, 1.807) is 20.1 Å². The summed E-state index contributed by atoms with van der Waals surface area (Å²) in [6, 6.07) is 4.30. The Bertz CT molecular complexity index is 980. The summed E-state index contributed by atoms with van der Waals surface area (Å²) < 4.78 is 46.9. The molecule has 3 rings (SSSR count). The van der Waals surface area contributed by atoms with Gasteiger partial charge in [0.15, 0.2) is 6.61 Å². The average Bonchev–Trinajstić information content (AvgIpc) is 2.71. The number of ether oxygens (including phenoxy) is 2. The molecule has 2 aromatic heterocycles. The highest BCUT2D eigenvalue weighted by atomic mass is 19.4. The number of hydrogen-bond acceptors (Lipinski definition) is 7. The molecule has 0 saturated heterocycles. The Morgan fingerprint density at radius 1 is 1.28 bits per heavy atom. The minimum Gasteiger partial charge on any atom is -0.468 e. The molecule has 0 fully saturated rings. The number of fused-ring (bicyclic) bond motifs is 1. The van der Waals surface area contributed by atoms with Gasteiger partial charge in [-0.2, -0.15) is 13.2 Å². The Morgan fingerprint density at radius 2 is 2.00 bits per heavy atom. The summed E-state index contributed by atoms with van der Waals surface area (Å²) in [5.74, 6) is 0.310. The summed E-state index contributed by atoms with van der Waals surface area (Å²) >= 11 is 0. The molecule has 3 heterocycles. The van der Waals surface area contributed by atoms with E-state index in [0.717, 1.165) is 11.3 Å². The molecule has 32 heavy (non-hydrogen) atoms. The van der Waals surface area contributed by atoms with E-state index in [1.807, 2.05) is 31.9 Å². The average molecular weight is 453 g/mol. The molecule has 2 N–H and O–H groups in total. The number of halogens is 3. The molecule has 1 atom stereocenters. The highest BCUT2D eigenvalue weighted by Crippen LogP contribution is 2.38. The standard InChI is InChI=1S/C21H26F3N5O3/c1-12-17-14(29(4)18(19(30)28-17)20(2,3)31-5)8-15(27-12)25-9-13-6-7-16(26-10-13)32-11-21(22,23)24/h6-8,10,18H,9,11H2,1-5H3,(H,25,27)(H,28,30)/t18-/m1/s1. The van der Waals surface area contributed by atoms with Crippen LogP contribution in [0, 0.1) is 6.92 Å². The van der Waals surface area contributed by atoms with Crippen molar-refractivity contribution in [1.29, 1.82) is 0 Å². The number of pyridine rings is 2. The number of amides is 1. The van der Waals surface area contributed by atoms with Crippen LogP contribution < -0.4 is 20.3 Å². The van der Waals surface area contributed by atoms with E-state index in [1.165, 1.54) is 12.3 Å². The largest absolute Gasteiger partial charge is 0.468 e. The number of methoxy groups -OCH3 is 1. The molecule has 0 saturated carbocycles. The van der Waals surface area contributed by atoms with Crippen molar-refractivity contribution in [2.24, 2.45) is 0 Å². The van der Waals surface area contributed by atoms with E-state index < -0.39 is 24.4 Å². The highest BCUT2D eigenvalue weighted by molar-refractivity contribution is 6.05. The number of anilines is 3. The SMILES string of the molecule is COC(C)(C)[C@H]1C(=O)Nc2c(cc(NCc3ccc(OCC(F)(F)F)nc3)nc2C)N1C. The molecule has 2 aromatic rings. The number of rotatable bonds is 7. The van der Waals surface area contributed by atoms with Gasteiger partial charge < -0.3 is 25.0 Å². The number of likely N-dealkylation sites (N-methyl/N-ethyl adjacent to an activating group) is 1. The first-order valence-electron chi connectivity index (χ1n) is 9.90. The molecule has 1 aliphatic heterocycles. The van der Waals surface area contributed by atoms with Crippen molar-refractivity contribution in [2.75, 3.05) is 36.3 Å². The maximum atomic E-state index is 12.7. The lowest BCUT2D eigenvalue weighted by Crippen LogP contribution is -2.58. The summed E-state index contributed by atoms with van der Waals surface area (Å²) in [4.78, 5) is 23.0.